The van der Waals surface area contributed by atoms with Gasteiger partial charge in [0.15, 0.2) is 17.5 Å². The van der Waals surface area contributed by atoms with E-state index in [2.05, 4.69) is 32.7 Å². The minimum absolute atomic E-state index is 0. The predicted molar refractivity (Wildman–Crippen MR) is 134 cm³/mol. The lowest BCUT2D eigenvalue weighted by Gasteiger charge is -2.26. The summed E-state index contributed by atoms with van der Waals surface area (Å²) >= 11 is 0. The normalized spacial score (nSPS) is 14.7. The van der Waals surface area contributed by atoms with Crippen LogP contribution < -0.4 is 20.1 Å². The highest BCUT2D eigenvalue weighted by Gasteiger charge is 2.09. The predicted octanol–water partition coefficient (Wildman–Crippen LogP) is 2.92. The molecule has 1 aliphatic rings. The van der Waals surface area contributed by atoms with Crippen LogP contribution in [0.5, 0.6) is 11.5 Å². The SMILES string of the molecule is CCOc1cc(CCCNC(=NC)NCCCCN2CCOCC2)ccc1OC.I. The number of unbranched alkanes of at least 4 members (excludes halogenated alkanes) is 1. The Morgan fingerprint density at radius 1 is 1.10 bits per heavy atom. The molecule has 0 amide bonds. The zero-order chi connectivity index (χ0) is 20.7. The summed E-state index contributed by atoms with van der Waals surface area (Å²) in [4.78, 5) is 6.79. The Kier molecular flexibility index (Phi) is 14.7. The van der Waals surface area contributed by atoms with Crippen molar-refractivity contribution in [2.75, 3.05) is 66.7 Å². The molecule has 0 aromatic heterocycles. The van der Waals surface area contributed by atoms with Crippen molar-refractivity contribution in [3.05, 3.63) is 23.8 Å². The summed E-state index contributed by atoms with van der Waals surface area (Å²) in [6.07, 6.45) is 4.34. The number of nitrogens with zero attached hydrogens (tertiary/aromatic N) is 2. The monoisotopic (exact) mass is 534 g/mol. The lowest BCUT2D eigenvalue weighted by atomic mass is 10.1. The van der Waals surface area contributed by atoms with E-state index in [1.165, 1.54) is 12.0 Å². The first kappa shape index (κ1) is 26.8. The van der Waals surface area contributed by atoms with Crippen LogP contribution in [0.15, 0.2) is 23.2 Å². The largest absolute Gasteiger partial charge is 0.493 e. The van der Waals surface area contributed by atoms with Gasteiger partial charge in [0.05, 0.1) is 26.9 Å². The van der Waals surface area contributed by atoms with Gasteiger partial charge in [0.25, 0.3) is 0 Å². The first-order chi connectivity index (χ1) is 14.3. The van der Waals surface area contributed by atoms with E-state index in [1.54, 1.807) is 7.11 Å². The Bertz CT molecular complexity index is 610. The van der Waals surface area contributed by atoms with Crippen LogP contribution in [0, 0.1) is 0 Å². The van der Waals surface area contributed by atoms with Crippen molar-refractivity contribution in [3.8, 4) is 11.5 Å². The zero-order valence-electron chi connectivity index (χ0n) is 18.7. The molecular weight excluding hydrogens is 495 g/mol. The van der Waals surface area contributed by atoms with Crippen LogP contribution in [0.4, 0.5) is 0 Å². The summed E-state index contributed by atoms with van der Waals surface area (Å²) in [5, 5.41) is 6.80. The first-order valence-corrected chi connectivity index (χ1v) is 10.8. The molecule has 0 unspecified atom stereocenters. The molecule has 1 saturated heterocycles. The molecule has 8 heteroatoms. The smallest absolute Gasteiger partial charge is 0.190 e. The lowest BCUT2D eigenvalue weighted by molar-refractivity contribution is 0.0372. The van der Waals surface area contributed by atoms with E-state index in [-0.39, 0.29) is 24.0 Å². The number of hydrogen-bond donors (Lipinski definition) is 2. The number of halogens is 1. The van der Waals surface area contributed by atoms with Crippen molar-refractivity contribution in [2.24, 2.45) is 4.99 Å². The van der Waals surface area contributed by atoms with E-state index >= 15 is 0 Å². The van der Waals surface area contributed by atoms with Crippen molar-refractivity contribution >= 4 is 29.9 Å². The quantitative estimate of drug-likeness (QED) is 0.186. The molecular formula is C22H39IN4O3. The van der Waals surface area contributed by atoms with Gasteiger partial charge in [-0.2, -0.15) is 0 Å². The van der Waals surface area contributed by atoms with Gasteiger partial charge in [-0.1, -0.05) is 6.07 Å². The zero-order valence-corrected chi connectivity index (χ0v) is 21.1. The second kappa shape index (κ2) is 16.4. The molecule has 0 atom stereocenters. The van der Waals surface area contributed by atoms with Crippen LogP contribution in [-0.4, -0.2) is 77.6 Å². The summed E-state index contributed by atoms with van der Waals surface area (Å²) in [6, 6.07) is 6.15. The van der Waals surface area contributed by atoms with Gasteiger partial charge in [-0.15, -0.1) is 24.0 Å². The van der Waals surface area contributed by atoms with Gasteiger partial charge in [-0.25, -0.2) is 0 Å². The van der Waals surface area contributed by atoms with E-state index in [0.717, 1.165) is 82.7 Å². The number of aryl methyl sites for hydroxylation is 1. The Balaban J connectivity index is 0.00000450. The van der Waals surface area contributed by atoms with E-state index < -0.39 is 0 Å². The van der Waals surface area contributed by atoms with Gasteiger partial charge in [0, 0.05) is 33.2 Å². The maximum Gasteiger partial charge on any atom is 0.190 e. The fourth-order valence-corrected chi connectivity index (χ4v) is 3.36. The Morgan fingerprint density at radius 2 is 1.83 bits per heavy atom. The Morgan fingerprint density at radius 3 is 2.50 bits per heavy atom. The van der Waals surface area contributed by atoms with Crippen molar-refractivity contribution in [1.82, 2.24) is 15.5 Å². The number of morpholine rings is 1. The van der Waals surface area contributed by atoms with E-state index in [1.807, 2.05) is 20.0 Å². The standard InChI is InChI=1S/C22H38N4O3.HI/c1-4-29-21-18-19(9-10-20(21)27-3)8-7-12-25-22(23-2)24-11-5-6-13-26-14-16-28-17-15-26;/h9-10,18H,4-8,11-17H2,1-3H3,(H2,23,24,25);1H. The topological polar surface area (TPSA) is 67.4 Å². The molecule has 0 radical (unpaired) electrons. The van der Waals surface area contributed by atoms with Crippen molar-refractivity contribution in [2.45, 2.75) is 32.6 Å². The van der Waals surface area contributed by atoms with Crippen LogP contribution in [0.25, 0.3) is 0 Å². The molecule has 1 fully saturated rings. The summed E-state index contributed by atoms with van der Waals surface area (Å²) < 4.78 is 16.4. The van der Waals surface area contributed by atoms with E-state index in [4.69, 9.17) is 14.2 Å². The number of aliphatic imine (C=N–C) groups is 1. The Hall–Kier alpha value is -1.26. The molecule has 172 valence electrons. The average Bonchev–Trinajstić information content (AvgIpc) is 2.76. The molecule has 1 aromatic carbocycles. The average molecular weight is 534 g/mol. The molecule has 1 heterocycles. The van der Waals surface area contributed by atoms with Gasteiger partial charge in [-0.05, 0) is 56.8 Å². The molecule has 0 aliphatic carbocycles. The number of hydrogen-bond acceptors (Lipinski definition) is 5. The second-order valence-electron chi connectivity index (χ2n) is 7.11. The third-order valence-electron chi connectivity index (χ3n) is 4.98. The molecule has 0 bridgehead atoms. The highest BCUT2D eigenvalue weighted by Crippen LogP contribution is 2.28. The van der Waals surface area contributed by atoms with Crippen molar-refractivity contribution < 1.29 is 14.2 Å². The summed E-state index contributed by atoms with van der Waals surface area (Å²) in [5.74, 6) is 2.48. The molecule has 0 saturated carbocycles. The van der Waals surface area contributed by atoms with Crippen LogP contribution in [-0.2, 0) is 11.2 Å². The minimum atomic E-state index is 0. The van der Waals surface area contributed by atoms with Gasteiger partial charge < -0.3 is 24.8 Å². The molecule has 2 rings (SSSR count). The maximum atomic E-state index is 5.65. The van der Waals surface area contributed by atoms with Gasteiger partial charge in [-0.3, -0.25) is 9.89 Å². The molecule has 7 nitrogen and oxygen atoms in total. The molecule has 2 N–H and O–H groups in total. The Labute approximate surface area is 199 Å². The molecule has 1 aliphatic heterocycles. The second-order valence-corrected chi connectivity index (χ2v) is 7.11. The third-order valence-corrected chi connectivity index (χ3v) is 4.98. The first-order valence-electron chi connectivity index (χ1n) is 10.8. The summed E-state index contributed by atoms with van der Waals surface area (Å²) in [5.41, 5.74) is 1.25. The maximum absolute atomic E-state index is 5.65. The van der Waals surface area contributed by atoms with E-state index in [0.29, 0.717) is 6.61 Å². The fourth-order valence-electron chi connectivity index (χ4n) is 3.36. The third kappa shape index (κ3) is 10.2. The summed E-state index contributed by atoms with van der Waals surface area (Å²) in [7, 11) is 3.49. The molecule has 30 heavy (non-hydrogen) atoms. The number of rotatable bonds is 12. The minimum Gasteiger partial charge on any atom is -0.493 e. The van der Waals surface area contributed by atoms with Crippen LogP contribution in [0.1, 0.15) is 31.7 Å². The lowest BCUT2D eigenvalue weighted by Crippen LogP contribution is -2.39. The highest BCUT2D eigenvalue weighted by molar-refractivity contribution is 14.0. The van der Waals surface area contributed by atoms with Gasteiger partial charge in [0.2, 0.25) is 0 Å². The molecule has 0 spiro atoms. The van der Waals surface area contributed by atoms with Crippen LogP contribution >= 0.6 is 24.0 Å². The highest BCUT2D eigenvalue weighted by atomic mass is 127. The molecule has 1 aromatic rings. The van der Waals surface area contributed by atoms with Crippen LogP contribution in [0.3, 0.4) is 0 Å². The van der Waals surface area contributed by atoms with Crippen LogP contribution in [0.2, 0.25) is 0 Å². The number of methoxy groups -OCH3 is 1. The van der Waals surface area contributed by atoms with Crippen molar-refractivity contribution in [1.29, 1.82) is 0 Å². The summed E-state index contributed by atoms with van der Waals surface area (Å²) in [6.45, 7) is 9.48. The van der Waals surface area contributed by atoms with Crippen molar-refractivity contribution in [3.63, 3.8) is 0 Å². The van der Waals surface area contributed by atoms with Gasteiger partial charge >= 0.3 is 0 Å². The fraction of sp³-hybridized carbons (Fsp3) is 0.682. The van der Waals surface area contributed by atoms with Gasteiger partial charge in [0.1, 0.15) is 0 Å². The number of nitrogens with one attached hydrogen (secondary N) is 2. The number of guanidine groups is 1. The van der Waals surface area contributed by atoms with E-state index in [9.17, 15) is 0 Å². The number of ether oxygens (including phenoxy) is 3. The number of benzene rings is 1.